The number of anilines is 2. The van der Waals surface area contributed by atoms with Gasteiger partial charge in [0.2, 0.25) is 0 Å². The molecule has 1 atom stereocenters. The molecule has 16 heavy (non-hydrogen) atoms. The van der Waals surface area contributed by atoms with Gasteiger partial charge < -0.3 is 11.1 Å². The van der Waals surface area contributed by atoms with Crippen molar-refractivity contribution < 1.29 is 0 Å². The molecule has 0 aliphatic heterocycles. The van der Waals surface area contributed by atoms with E-state index in [-0.39, 0.29) is 0 Å². The Morgan fingerprint density at radius 1 is 1.31 bits per heavy atom. The summed E-state index contributed by atoms with van der Waals surface area (Å²) in [6.45, 7) is 4.71. The van der Waals surface area contributed by atoms with Gasteiger partial charge in [0.15, 0.2) is 0 Å². The fourth-order valence-electron chi connectivity index (χ4n) is 2.59. The summed E-state index contributed by atoms with van der Waals surface area (Å²) < 4.78 is 0. The second-order valence-corrected chi connectivity index (χ2v) is 5.56. The summed E-state index contributed by atoms with van der Waals surface area (Å²) >= 11 is 0. The van der Waals surface area contributed by atoms with Gasteiger partial charge in [-0.15, -0.1) is 0 Å². The van der Waals surface area contributed by atoms with E-state index in [0.29, 0.717) is 11.5 Å². The van der Waals surface area contributed by atoms with Crippen molar-refractivity contribution in [1.29, 1.82) is 0 Å². The van der Waals surface area contributed by atoms with Gasteiger partial charge in [-0.25, -0.2) is 0 Å². The van der Waals surface area contributed by atoms with E-state index in [1.165, 1.54) is 25.7 Å². The molecule has 1 aliphatic carbocycles. The number of nitrogens with one attached hydrogen (secondary N) is 1. The van der Waals surface area contributed by atoms with Crippen LogP contribution in [0.2, 0.25) is 0 Å². The van der Waals surface area contributed by atoms with Gasteiger partial charge in [-0.1, -0.05) is 32.8 Å². The van der Waals surface area contributed by atoms with E-state index in [4.69, 9.17) is 5.73 Å². The summed E-state index contributed by atoms with van der Waals surface area (Å²) in [6.07, 6.45) is 5.28. The SMILES string of the molecule is CC1(C)CCCCC1Nc1cccc(N)c1. The van der Waals surface area contributed by atoms with Crippen LogP contribution in [0.3, 0.4) is 0 Å². The molecule has 1 aromatic rings. The predicted octanol–water partition coefficient (Wildman–Crippen LogP) is 3.65. The summed E-state index contributed by atoms with van der Waals surface area (Å²) in [5.41, 5.74) is 8.17. The molecule has 0 amide bonds. The standard InChI is InChI=1S/C14H22N2/c1-14(2)9-4-3-8-13(14)16-12-7-5-6-11(15)10-12/h5-7,10,13,16H,3-4,8-9,15H2,1-2H3. The van der Waals surface area contributed by atoms with E-state index in [2.05, 4.69) is 25.2 Å². The largest absolute Gasteiger partial charge is 0.399 e. The Hall–Kier alpha value is -1.18. The number of hydrogen-bond donors (Lipinski definition) is 2. The molecule has 1 fully saturated rings. The quantitative estimate of drug-likeness (QED) is 0.744. The molecule has 1 aliphatic rings. The van der Waals surface area contributed by atoms with Crippen LogP contribution in [0.15, 0.2) is 24.3 Å². The smallest absolute Gasteiger partial charge is 0.0363 e. The highest BCUT2D eigenvalue weighted by Gasteiger charge is 2.31. The highest BCUT2D eigenvalue weighted by molar-refractivity contribution is 5.54. The lowest BCUT2D eigenvalue weighted by Crippen LogP contribution is -2.38. The van der Waals surface area contributed by atoms with Gasteiger partial charge in [-0.3, -0.25) is 0 Å². The third-order valence-corrected chi connectivity index (χ3v) is 3.73. The van der Waals surface area contributed by atoms with Crippen LogP contribution in [-0.2, 0) is 0 Å². The molecule has 1 unspecified atom stereocenters. The monoisotopic (exact) mass is 218 g/mol. The number of benzene rings is 1. The van der Waals surface area contributed by atoms with Crippen LogP contribution in [0, 0.1) is 5.41 Å². The van der Waals surface area contributed by atoms with E-state index in [1.807, 2.05) is 18.2 Å². The number of nitrogens with two attached hydrogens (primary N) is 1. The Kier molecular flexibility index (Phi) is 3.08. The van der Waals surface area contributed by atoms with Crippen LogP contribution >= 0.6 is 0 Å². The zero-order chi connectivity index (χ0) is 11.6. The first kappa shape index (κ1) is 11.3. The summed E-state index contributed by atoms with van der Waals surface area (Å²) in [6, 6.07) is 8.62. The van der Waals surface area contributed by atoms with Crippen molar-refractivity contribution in [1.82, 2.24) is 0 Å². The maximum absolute atomic E-state index is 5.79. The molecule has 0 aromatic heterocycles. The van der Waals surface area contributed by atoms with E-state index in [0.717, 1.165) is 11.4 Å². The zero-order valence-corrected chi connectivity index (χ0v) is 10.3. The van der Waals surface area contributed by atoms with Gasteiger partial charge in [0, 0.05) is 17.4 Å². The van der Waals surface area contributed by atoms with Crippen LogP contribution in [0.25, 0.3) is 0 Å². The van der Waals surface area contributed by atoms with Gasteiger partial charge in [-0.2, -0.15) is 0 Å². The summed E-state index contributed by atoms with van der Waals surface area (Å²) in [5.74, 6) is 0. The zero-order valence-electron chi connectivity index (χ0n) is 10.3. The number of rotatable bonds is 2. The molecule has 2 heteroatoms. The third-order valence-electron chi connectivity index (χ3n) is 3.73. The molecule has 2 nitrogen and oxygen atoms in total. The van der Waals surface area contributed by atoms with Gasteiger partial charge >= 0.3 is 0 Å². The molecular weight excluding hydrogens is 196 g/mol. The molecule has 0 spiro atoms. The van der Waals surface area contributed by atoms with Gasteiger partial charge in [-0.05, 0) is 36.5 Å². The van der Waals surface area contributed by atoms with Crippen molar-refractivity contribution in [3.8, 4) is 0 Å². The fourth-order valence-corrected chi connectivity index (χ4v) is 2.59. The van der Waals surface area contributed by atoms with E-state index >= 15 is 0 Å². The van der Waals surface area contributed by atoms with Crippen molar-refractivity contribution in [2.45, 2.75) is 45.6 Å². The van der Waals surface area contributed by atoms with E-state index < -0.39 is 0 Å². The molecule has 3 N–H and O–H groups in total. The van der Waals surface area contributed by atoms with Crippen molar-refractivity contribution in [3.05, 3.63) is 24.3 Å². The second kappa shape index (κ2) is 4.36. The van der Waals surface area contributed by atoms with Crippen LogP contribution in [0.5, 0.6) is 0 Å². The van der Waals surface area contributed by atoms with Crippen molar-refractivity contribution in [3.63, 3.8) is 0 Å². The van der Waals surface area contributed by atoms with Crippen LogP contribution in [0.1, 0.15) is 39.5 Å². The van der Waals surface area contributed by atoms with Crippen LogP contribution in [0.4, 0.5) is 11.4 Å². The Labute approximate surface area is 98.2 Å². The second-order valence-electron chi connectivity index (χ2n) is 5.56. The normalized spacial score (nSPS) is 24.0. The lowest BCUT2D eigenvalue weighted by atomic mass is 9.73. The maximum atomic E-state index is 5.79. The minimum Gasteiger partial charge on any atom is -0.399 e. The molecule has 0 saturated heterocycles. The molecule has 88 valence electrons. The lowest BCUT2D eigenvalue weighted by Gasteiger charge is -2.39. The maximum Gasteiger partial charge on any atom is 0.0363 e. The van der Waals surface area contributed by atoms with Gasteiger partial charge in [0.05, 0.1) is 0 Å². The first-order valence-corrected chi connectivity index (χ1v) is 6.20. The highest BCUT2D eigenvalue weighted by atomic mass is 14.9. The molecule has 1 aromatic carbocycles. The average Bonchev–Trinajstić information content (AvgIpc) is 2.21. The summed E-state index contributed by atoms with van der Waals surface area (Å²) in [7, 11) is 0. The summed E-state index contributed by atoms with van der Waals surface area (Å²) in [5, 5.41) is 3.63. The van der Waals surface area contributed by atoms with Gasteiger partial charge in [0.25, 0.3) is 0 Å². The minimum absolute atomic E-state index is 0.392. The van der Waals surface area contributed by atoms with E-state index in [9.17, 15) is 0 Å². The first-order valence-electron chi connectivity index (χ1n) is 6.20. The molecular formula is C14H22N2. The Balaban J connectivity index is 2.08. The number of nitrogen functional groups attached to an aromatic ring is 1. The van der Waals surface area contributed by atoms with Crippen molar-refractivity contribution in [2.75, 3.05) is 11.1 Å². The molecule has 0 radical (unpaired) electrons. The molecule has 1 saturated carbocycles. The topological polar surface area (TPSA) is 38.0 Å². The van der Waals surface area contributed by atoms with Crippen molar-refractivity contribution in [2.24, 2.45) is 5.41 Å². The molecule has 2 rings (SSSR count). The Morgan fingerprint density at radius 3 is 2.81 bits per heavy atom. The van der Waals surface area contributed by atoms with Crippen LogP contribution < -0.4 is 11.1 Å². The highest BCUT2D eigenvalue weighted by Crippen LogP contribution is 2.37. The molecule has 0 bridgehead atoms. The number of hydrogen-bond acceptors (Lipinski definition) is 2. The predicted molar refractivity (Wildman–Crippen MR) is 70.5 cm³/mol. The lowest BCUT2D eigenvalue weighted by molar-refractivity contribution is 0.217. The first-order chi connectivity index (χ1) is 7.58. The fraction of sp³-hybridized carbons (Fsp3) is 0.571. The summed E-state index contributed by atoms with van der Waals surface area (Å²) in [4.78, 5) is 0. The van der Waals surface area contributed by atoms with Crippen molar-refractivity contribution >= 4 is 11.4 Å². The Bertz CT molecular complexity index is 358. The minimum atomic E-state index is 0.392. The average molecular weight is 218 g/mol. The van der Waals surface area contributed by atoms with E-state index in [1.54, 1.807) is 0 Å². The van der Waals surface area contributed by atoms with Crippen LogP contribution in [-0.4, -0.2) is 6.04 Å². The van der Waals surface area contributed by atoms with Gasteiger partial charge in [0.1, 0.15) is 0 Å². The Morgan fingerprint density at radius 2 is 2.12 bits per heavy atom. The molecule has 0 heterocycles. The third kappa shape index (κ3) is 2.49.